The first-order chi connectivity index (χ1) is 9.12. The van der Waals surface area contributed by atoms with Gasteiger partial charge in [0, 0.05) is 0 Å². The maximum absolute atomic E-state index is 12.9. The summed E-state index contributed by atoms with van der Waals surface area (Å²) in [5.74, 6) is -8.96. The zero-order chi connectivity index (χ0) is 15.6. The molecule has 0 radical (unpaired) electrons. The fourth-order valence-corrected chi connectivity index (χ4v) is 1.43. The van der Waals surface area contributed by atoms with Crippen LogP contribution in [0.4, 0.5) is 17.6 Å². The standard InChI is InChI=1S/C12H11F4NO3/c1-11(10(19)20,7-5-3-2-4-6-7)17-9(18)12(15,16)8(13)14/h2-6,8H,1H3,(H,17,18)(H,19,20). The number of carbonyl (C=O) groups is 2. The third-order valence-electron chi connectivity index (χ3n) is 2.72. The maximum atomic E-state index is 12.9. The molecule has 0 bridgehead atoms. The number of alkyl halides is 4. The third-order valence-corrected chi connectivity index (χ3v) is 2.72. The largest absolute Gasteiger partial charge is 0.479 e. The normalized spacial score (nSPS) is 14.7. The number of carboxylic acid groups (broad SMARTS) is 1. The van der Waals surface area contributed by atoms with Gasteiger partial charge in [-0.15, -0.1) is 0 Å². The van der Waals surface area contributed by atoms with Gasteiger partial charge in [0.1, 0.15) is 0 Å². The van der Waals surface area contributed by atoms with Crippen LogP contribution in [0, 0.1) is 0 Å². The van der Waals surface area contributed by atoms with E-state index < -0.39 is 29.8 Å². The Labute approximate surface area is 111 Å². The molecular formula is C12H11F4NO3. The Kier molecular flexibility index (Phi) is 4.36. The van der Waals surface area contributed by atoms with Crippen molar-refractivity contribution in [1.82, 2.24) is 5.32 Å². The molecule has 1 amide bonds. The lowest BCUT2D eigenvalue weighted by Crippen LogP contribution is -2.56. The summed E-state index contributed by atoms with van der Waals surface area (Å²) >= 11 is 0. The average molecular weight is 293 g/mol. The Morgan fingerprint density at radius 2 is 1.70 bits per heavy atom. The summed E-state index contributed by atoms with van der Waals surface area (Å²) in [6.07, 6.45) is -4.23. The molecule has 0 fully saturated rings. The molecular weight excluding hydrogens is 282 g/mol. The molecule has 0 aliphatic carbocycles. The highest BCUT2D eigenvalue weighted by atomic mass is 19.3. The summed E-state index contributed by atoms with van der Waals surface area (Å²) in [4.78, 5) is 22.4. The molecule has 20 heavy (non-hydrogen) atoms. The SMILES string of the molecule is CC(NC(=O)C(F)(F)C(F)F)(C(=O)O)c1ccccc1. The number of rotatable bonds is 5. The van der Waals surface area contributed by atoms with Crippen LogP contribution in [0.1, 0.15) is 12.5 Å². The maximum Gasteiger partial charge on any atom is 0.383 e. The smallest absolute Gasteiger partial charge is 0.383 e. The summed E-state index contributed by atoms with van der Waals surface area (Å²) in [5.41, 5.74) is -2.26. The molecule has 0 aromatic heterocycles. The van der Waals surface area contributed by atoms with E-state index in [0.29, 0.717) is 0 Å². The monoisotopic (exact) mass is 293 g/mol. The summed E-state index contributed by atoms with van der Waals surface area (Å²) < 4.78 is 50.0. The lowest BCUT2D eigenvalue weighted by Gasteiger charge is -2.28. The molecule has 0 aliphatic heterocycles. The highest BCUT2D eigenvalue weighted by Crippen LogP contribution is 2.27. The van der Waals surface area contributed by atoms with Crippen LogP contribution in [0.25, 0.3) is 0 Å². The number of aliphatic carboxylic acids is 1. The Balaban J connectivity index is 3.12. The fourth-order valence-electron chi connectivity index (χ4n) is 1.43. The van der Waals surface area contributed by atoms with Gasteiger partial charge in [0.25, 0.3) is 5.91 Å². The van der Waals surface area contributed by atoms with E-state index in [1.165, 1.54) is 29.6 Å². The molecule has 2 N–H and O–H groups in total. The van der Waals surface area contributed by atoms with Crippen molar-refractivity contribution in [3.05, 3.63) is 35.9 Å². The van der Waals surface area contributed by atoms with Crippen molar-refractivity contribution in [1.29, 1.82) is 0 Å². The quantitative estimate of drug-likeness (QED) is 0.816. The Morgan fingerprint density at radius 1 is 1.20 bits per heavy atom. The van der Waals surface area contributed by atoms with E-state index in [2.05, 4.69) is 0 Å². The predicted octanol–water partition coefficient (Wildman–Crippen LogP) is 2.00. The van der Waals surface area contributed by atoms with Gasteiger partial charge in [-0.2, -0.15) is 8.78 Å². The van der Waals surface area contributed by atoms with Gasteiger partial charge in [0.2, 0.25) is 0 Å². The number of carboxylic acids is 1. The minimum absolute atomic E-state index is 0.0223. The van der Waals surface area contributed by atoms with E-state index in [4.69, 9.17) is 5.11 Å². The van der Waals surface area contributed by atoms with Crippen molar-refractivity contribution in [2.24, 2.45) is 0 Å². The van der Waals surface area contributed by atoms with E-state index >= 15 is 0 Å². The number of amides is 1. The van der Waals surface area contributed by atoms with Gasteiger partial charge in [0.15, 0.2) is 5.54 Å². The molecule has 0 spiro atoms. The lowest BCUT2D eigenvalue weighted by atomic mass is 9.91. The molecule has 1 unspecified atom stereocenters. The summed E-state index contributed by atoms with van der Waals surface area (Å²) in [7, 11) is 0. The highest BCUT2D eigenvalue weighted by Gasteiger charge is 2.52. The van der Waals surface area contributed by atoms with Crippen molar-refractivity contribution < 1.29 is 32.3 Å². The Hall–Kier alpha value is -2.12. The van der Waals surface area contributed by atoms with Gasteiger partial charge in [-0.3, -0.25) is 4.79 Å². The van der Waals surface area contributed by atoms with Crippen LogP contribution >= 0.6 is 0 Å². The molecule has 4 nitrogen and oxygen atoms in total. The second kappa shape index (κ2) is 5.48. The second-order valence-corrected chi connectivity index (χ2v) is 4.17. The number of hydrogen-bond acceptors (Lipinski definition) is 2. The van der Waals surface area contributed by atoms with Crippen LogP contribution in [0.2, 0.25) is 0 Å². The minimum Gasteiger partial charge on any atom is -0.479 e. The van der Waals surface area contributed by atoms with Gasteiger partial charge in [-0.1, -0.05) is 30.3 Å². The Morgan fingerprint density at radius 3 is 2.10 bits per heavy atom. The van der Waals surface area contributed by atoms with E-state index in [9.17, 15) is 27.2 Å². The number of nitrogens with one attached hydrogen (secondary N) is 1. The zero-order valence-electron chi connectivity index (χ0n) is 10.2. The zero-order valence-corrected chi connectivity index (χ0v) is 10.2. The van der Waals surface area contributed by atoms with Gasteiger partial charge in [-0.05, 0) is 12.5 Å². The first kappa shape index (κ1) is 15.9. The number of hydrogen-bond donors (Lipinski definition) is 2. The molecule has 0 saturated heterocycles. The molecule has 1 aromatic rings. The predicted molar refractivity (Wildman–Crippen MR) is 60.5 cm³/mol. The molecule has 8 heteroatoms. The van der Waals surface area contributed by atoms with Gasteiger partial charge in [-0.25, -0.2) is 13.6 Å². The average Bonchev–Trinajstić information content (AvgIpc) is 2.38. The summed E-state index contributed by atoms with van der Waals surface area (Å²) in [6, 6.07) is 6.94. The summed E-state index contributed by atoms with van der Waals surface area (Å²) in [5, 5.41) is 10.6. The van der Waals surface area contributed by atoms with Crippen LogP contribution < -0.4 is 5.32 Å². The first-order valence-corrected chi connectivity index (χ1v) is 5.40. The van der Waals surface area contributed by atoms with Gasteiger partial charge >= 0.3 is 18.3 Å². The van der Waals surface area contributed by atoms with Crippen LogP contribution in [0.15, 0.2) is 30.3 Å². The topological polar surface area (TPSA) is 66.4 Å². The van der Waals surface area contributed by atoms with Crippen LogP contribution in [0.3, 0.4) is 0 Å². The van der Waals surface area contributed by atoms with E-state index in [1.54, 1.807) is 6.07 Å². The van der Waals surface area contributed by atoms with Crippen LogP contribution in [-0.4, -0.2) is 29.3 Å². The molecule has 0 aliphatic rings. The van der Waals surface area contributed by atoms with Crippen LogP contribution in [-0.2, 0) is 15.1 Å². The van der Waals surface area contributed by atoms with E-state index in [1.807, 2.05) is 0 Å². The second-order valence-electron chi connectivity index (χ2n) is 4.17. The lowest BCUT2D eigenvalue weighted by molar-refractivity contribution is -0.173. The summed E-state index contributed by atoms with van der Waals surface area (Å²) in [6.45, 7) is 0.935. The van der Waals surface area contributed by atoms with Gasteiger partial charge < -0.3 is 10.4 Å². The van der Waals surface area contributed by atoms with Gasteiger partial charge in [0.05, 0.1) is 0 Å². The third kappa shape index (κ3) is 2.89. The van der Waals surface area contributed by atoms with Crippen molar-refractivity contribution in [2.45, 2.75) is 24.8 Å². The molecule has 1 atom stereocenters. The van der Waals surface area contributed by atoms with Crippen molar-refractivity contribution in [3.63, 3.8) is 0 Å². The molecule has 1 aromatic carbocycles. The fraction of sp³-hybridized carbons (Fsp3) is 0.333. The van der Waals surface area contributed by atoms with Crippen molar-refractivity contribution >= 4 is 11.9 Å². The number of benzene rings is 1. The number of carbonyl (C=O) groups excluding carboxylic acids is 1. The molecule has 0 saturated carbocycles. The highest BCUT2D eigenvalue weighted by molar-refractivity contribution is 5.91. The minimum atomic E-state index is -4.97. The van der Waals surface area contributed by atoms with Crippen molar-refractivity contribution in [3.8, 4) is 0 Å². The van der Waals surface area contributed by atoms with Crippen molar-refractivity contribution in [2.75, 3.05) is 0 Å². The molecule has 110 valence electrons. The Bertz CT molecular complexity index is 507. The van der Waals surface area contributed by atoms with E-state index in [0.717, 1.165) is 6.92 Å². The number of halogens is 4. The molecule has 0 heterocycles. The molecule has 1 rings (SSSR count). The van der Waals surface area contributed by atoms with E-state index in [-0.39, 0.29) is 5.56 Å². The van der Waals surface area contributed by atoms with Crippen LogP contribution in [0.5, 0.6) is 0 Å². The first-order valence-electron chi connectivity index (χ1n) is 5.40.